The van der Waals surface area contributed by atoms with Gasteiger partial charge in [-0.3, -0.25) is 4.79 Å². The summed E-state index contributed by atoms with van der Waals surface area (Å²) in [6, 6.07) is 5.68. The Morgan fingerprint density at radius 3 is 2.87 bits per heavy atom. The van der Waals surface area contributed by atoms with Gasteiger partial charge in [0.15, 0.2) is 0 Å². The predicted octanol–water partition coefficient (Wildman–Crippen LogP) is 4.78. The van der Waals surface area contributed by atoms with Crippen molar-refractivity contribution in [1.29, 1.82) is 0 Å². The van der Waals surface area contributed by atoms with E-state index in [1.54, 1.807) is 0 Å². The van der Waals surface area contributed by atoms with Crippen LogP contribution in [0, 0.1) is 28.6 Å². The molecule has 0 spiro atoms. The highest BCUT2D eigenvalue weighted by Crippen LogP contribution is 2.58. The van der Waals surface area contributed by atoms with Gasteiger partial charge in [-0.2, -0.15) is 0 Å². The molecular weight excluding hydrogens is 396 g/mol. The van der Waals surface area contributed by atoms with Crippen molar-refractivity contribution in [2.45, 2.75) is 65.3 Å². The monoisotopic (exact) mass is 432 g/mol. The second-order valence-corrected chi connectivity index (χ2v) is 11.5. The lowest BCUT2D eigenvalue weighted by Gasteiger charge is -2.40. The van der Waals surface area contributed by atoms with Crippen LogP contribution in [-0.2, 0) is 6.54 Å². The fourth-order valence-electron chi connectivity index (χ4n) is 6.36. The van der Waals surface area contributed by atoms with E-state index in [-0.39, 0.29) is 17.9 Å². The van der Waals surface area contributed by atoms with E-state index in [9.17, 15) is 9.90 Å². The second kappa shape index (κ2) is 8.80. The molecule has 166 valence electrons. The molecule has 1 aromatic rings. The van der Waals surface area contributed by atoms with E-state index < -0.39 is 0 Å². The zero-order valence-electron chi connectivity index (χ0n) is 18.5. The van der Waals surface area contributed by atoms with Crippen molar-refractivity contribution in [3.05, 3.63) is 34.3 Å². The van der Waals surface area contributed by atoms with Gasteiger partial charge in [0, 0.05) is 31.7 Å². The third kappa shape index (κ3) is 4.87. The fourth-order valence-corrected chi connectivity index (χ4v) is 6.56. The quantitative estimate of drug-likeness (QED) is 0.553. The summed E-state index contributed by atoms with van der Waals surface area (Å²) in [5.41, 5.74) is 1.74. The molecule has 3 bridgehead atoms. The van der Waals surface area contributed by atoms with Crippen LogP contribution in [0.5, 0.6) is 0 Å². The molecule has 0 saturated heterocycles. The molecule has 4 rings (SSSR count). The van der Waals surface area contributed by atoms with Crippen molar-refractivity contribution < 1.29 is 9.90 Å². The van der Waals surface area contributed by atoms with E-state index in [0.717, 1.165) is 29.9 Å². The van der Waals surface area contributed by atoms with Crippen molar-refractivity contribution in [2.75, 3.05) is 19.7 Å². The van der Waals surface area contributed by atoms with Crippen LogP contribution < -0.4 is 10.6 Å². The van der Waals surface area contributed by atoms with E-state index in [2.05, 4.69) is 10.6 Å². The minimum atomic E-state index is -0.164. The average molecular weight is 433 g/mol. The van der Waals surface area contributed by atoms with Gasteiger partial charge in [0.25, 0.3) is 5.91 Å². The molecule has 4 unspecified atom stereocenters. The van der Waals surface area contributed by atoms with Gasteiger partial charge in [-0.05, 0) is 73.0 Å². The van der Waals surface area contributed by atoms with Crippen LogP contribution in [0.2, 0.25) is 5.02 Å². The number of carbonyl (C=O) groups excluding carboxylic acids is 1. The van der Waals surface area contributed by atoms with Gasteiger partial charge < -0.3 is 15.7 Å². The topological polar surface area (TPSA) is 61.4 Å². The maximum Gasteiger partial charge on any atom is 0.252 e. The van der Waals surface area contributed by atoms with Crippen LogP contribution in [0.1, 0.15) is 74.7 Å². The largest absolute Gasteiger partial charge is 0.396 e. The van der Waals surface area contributed by atoms with Crippen molar-refractivity contribution in [2.24, 2.45) is 28.6 Å². The number of halogens is 1. The number of aliphatic hydroxyl groups is 1. The van der Waals surface area contributed by atoms with Crippen LogP contribution >= 0.6 is 11.6 Å². The van der Waals surface area contributed by atoms with E-state index in [1.165, 1.54) is 44.9 Å². The van der Waals surface area contributed by atoms with Gasteiger partial charge in [-0.1, -0.05) is 44.4 Å². The standard InChI is InChI=1S/C25H37ClN2O2/c1-24(2,16-29)14-27-13-17-5-6-22(26)21(10-17)23(30)28-15-25-7-3-4-19-8-18(11-25)9-20(19)12-25/h5-6,10,18-20,27,29H,3-4,7-9,11-16H2,1-2H3,(H,28,30). The zero-order chi connectivity index (χ0) is 21.4. The molecular formula is C25H37ClN2O2. The highest BCUT2D eigenvalue weighted by molar-refractivity contribution is 6.33. The van der Waals surface area contributed by atoms with E-state index in [0.29, 0.717) is 29.1 Å². The summed E-state index contributed by atoms with van der Waals surface area (Å²) in [5, 5.41) is 16.5. The Bertz CT molecular complexity index is 780. The van der Waals surface area contributed by atoms with E-state index in [1.807, 2.05) is 32.0 Å². The number of hydrogen-bond acceptors (Lipinski definition) is 3. The number of hydrogen-bond donors (Lipinski definition) is 3. The first-order valence-electron chi connectivity index (χ1n) is 11.7. The molecule has 3 saturated carbocycles. The molecule has 4 nitrogen and oxygen atoms in total. The molecule has 3 N–H and O–H groups in total. The summed E-state index contributed by atoms with van der Waals surface area (Å²) in [6.45, 7) is 6.32. The lowest BCUT2D eigenvalue weighted by Crippen LogP contribution is -2.41. The van der Waals surface area contributed by atoms with Crippen LogP contribution in [-0.4, -0.2) is 30.7 Å². The van der Waals surface area contributed by atoms with Crippen molar-refractivity contribution in [1.82, 2.24) is 10.6 Å². The first-order chi connectivity index (χ1) is 14.3. The Labute approximate surface area is 186 Å². The molecule has 0 radical (unpaired) electrons. The van der Waals surface area contributed by atoms with Crippen molar-refractivity contribution in [3.8, 4) is 0 Å². The molecule has 0 aliphatic heterocycles. The summed E-state index contributed by atoms with van der Waals surface area (Å²) < 4.78 is 0. The first-order valence-corrected chi connectivity index (χ1v) is 12.1. The summed E-state index contributed by atoms with van der Waals surface area (Å²) in [4.78, 5) is 13.0. The minimum Gasteiger partial charge on any atom is -0.396 e. The third-order valence-electron chi connectivity index (χ3n) is 7.90. The molecule has 3 fully saturated rings. The second-order valence-electron chi connectivity index (χ2n) is 11.1. The Hall–Kier alpha value is -1.10. The van der Waals surface area contributed by atoms with Crippen LogP contribution in [0.3, 0.4) is 0 Å². The fraction of sp³-hybridized carbons (Fsp3) is 0.720. The number of nitrogens with one attached hydrogen (secondary N) is 2. The smallest absolute Gasteiger partial charge is 0.252 e. The Kier molecular flexibility index (Phi) is 6.48. The van der Waals surface area contributed by atoms with Gasteiger partial charge in [0.05, 0.1) is 10.6 Å². The Balaban J connectivity index is 1.37. The van der Waals surface area contributed by atoms with Crippen LogP contribution in [0.25, 0.3) is 0 Å². The molecule has 0 aromatic heterocycles. The molecule has 5 heteroatoms. The maximum absolute atomic E-state index is 13.0. The molecule has 1 aromatic carbocycles. The molecule has 30 heavy (non-hydrogen) atoms. The predicted molar refractivity (Wildman–Crippen MR) is 122 cm³/mol. The Morgan fingerprint density at radius 1 is 1.27 bits per heavy atom. The molecule has 4 atom stereocenters. The van der Waals surface area contributed by atoms with Gasteiger partial charge >= 0.3 is 0 Å². The summed E-state index contributed by atoms with van der Waals surface area (Å²) in [6.07, 6.45) is 9.41. The maximum atomic E-state index is 13.0. The number of carbonyl (C=O) groups is 1. The van der Waals surface area contributed by atoms with Crippen LogP contribution in [0.4, 0.5) is 0 Å². The van der Waals surface area contributed by atoms with Crippen LogP contribution in [0.15, 0.2) is 18.2 Å². The summed E-state index contributed by atoms with van der Waals surface area (Å²) in [5.74, 6) is 2.67. The lowest BCUT2D eigenvalue weighted by molar-refractivity contribution is 0.0854. The number of aliphatic hydroxyl groups excluding tert-OH is 1. The van der Waals surface area contributed by atoms with Gasteiger partial charge in [-0.15, -0.1) is 0 Å². The first kappa shape index (κ1) is 22.1. The SMILES string of the molecule is CC(C)(CO)CNCc1ccc(Cl)c(C(=O)NCC23CCCC4CC(CC4C2)C3)c1. The summed E-state index contributed by atoms with van der Waals surface area (Å²) in [7, 11) is 0. The average Bonchev–Trinajstić information content (AvgIpc) is 2.93. The molecule has 3 aliphatic carbocycles. The number of fused-ring (bicyclic) bond motifs is 2. The van der Waals surface area contributed by atoms with Gasteiger partial charge in [-0.25, -0.2) is 0 Å². The van der Waals surface area contributed by atoms with E-state index in [4.69, 9.17) is 11.6 Å². The lowest BCUT2D eigenvalue weighted by atomic mass is 9.67. The van der Waals surface area contributed by atoms with E-state index >= 15 is 0 Å². The number of amides is 1. The molecule has 0 heterocycles. The number of benzene rings is 1. The van der Waals surface area contributed by atoms with Crippen molar-refractivity contribution >= 4 is 17.5 Å². The normalized spacial score (nSPS) is 30.3. The Morgan fingerprint density at radius 2 is 2.07 bits per heavy atom. The zero-order valence-corrected chi connectivity index (χ0v) is 19.2. The third-order valence-corrected chi connectivity index (χ3v) is 8.23. The number of rotatable bonds is 8. The van der Waals surface area contributed by atoms with Crippen molar-refractivity contribution in [3.63, 3.8) is 0 Å². The highest BCUT2D eigenvalue weighted by Gasteiger charge is 2.49. The summed E-state index contributed by atoms with van der Waals surface area (Å²) >= 11 is 6.39. The highest BCUT2D eigenvalue weighted by atomic mass is 35.5. The molecule has 3 aliphatic rings. The minimum absolute atomic E-state index is 0.0503. The molecule has 1 amide bonds. The van der Waals surface area contributed by atoms with Gasteiger partial charge in [0.1, 0.15) is 0 Å². The van der Waals surface area contributed by atoms with Gasteiger partial charge in [0.2, 0.25) is 0 Å².